The molecule has 0 bridgehead atoms. The molecule has 3 aliphatic rings. The molecular formula is C38H45ClF3N9O2. The van der Waals surface area contributed by atoms with Crippen molar-refractivity contribution >= 4 is 45.9 Å². The summed E-state index contributed by atoms with van der Waals surface area (Å²) >= 11 is 6.28. The number of aromatic nitrogens is 3. The van der Waals surface area contributed by atoms with Gasteiger partial charge >= 0.3 is 12.2 Å². The molecule has 1 atom stereocenters. The zero-order valence-electron chi connectivity index (χ0n) is 29.8. The second kappa shape index (κ2) is 15.5. The highest BCUT2D eigenvalue weighted by molar-refractivity contribution is 6.33. The Kier molecular flexibility index (Phi) is 10.8. The van der Waals surface area contributed by atoms with Crippen LogP contribution >= 0.6 is 11.6 Å². The van der Waals surface area contributed by atoms with Crippen LogP contribution in [0.2, 0.25) is 5.02 Å². The van der Waals surface area contributed by atoms with Crippen LogP contribution in [0.15, 0.2) is 54.9 Å². The van der Waals surface area contributed by atoms with Crippen LogP contribution in [0.1, 0.15) is 47.7 Å². The largest absolute Gasteiger partial charge is 0.418 e. The molecule has 0 aliphatic carbocycles. The van der Waals surface area contributed by atoms with Gasteiger partial charge < -0.3 is 30.3 Å². The molecule has 11 nitrogen and oxygen atoms in total. The normalized spacial score (nSPS) is 18.5. The van der Waals surface area contributed by atoms with Gasteiger partial charge in [0, 0.05) is 89.2 Å². The molecule has 5 heterocycles. The molecule has 2 aromatic carbocycles. The Morgan fingerprint density at radius 2 is 1.79 bits per heavy atom. The summed E-state index contributed by atoms with van der Waals surface area (Å²) < 4.78 is 44.2. The molecule has 3 N–H and O–H groups in total. The number of carbonyl (C=O) groups excluding carboxylic acids is 2. The number of likely N-dealkylation sites (N-methyl/N-ethyl adjacent to an activating group) is 1. The maximum absolute atomic E-state index is 14.2. The van der Waals surface area contributed by atoms with E-state index >= 15 is 0 Å². The molecule has 7 rings (SSSR count). The van der Waals surface area contributed by atoms with Crippen LogP contribution in [-0.4, -0.2) is 112 Å². The maximum atomic E-state index is 14.2. The number of benzene rings is 2. The van der Waals surface area contributed by atoms with E-state index in [9.17, 15) is 22.8 Å². The van der Waals surface area contributed by atoms with Crippen molar-refractivity contribution in [2.75, 3.05) is 70.5 Å². The summed E-state index contributed by atoms with van der Waals surface area (Å²) in [5.74, 6) is -0.0713. The number of hydrogen-bond acceptors (Lipinski definition) is 7. The van der Waals surface area contributed by atoms with Crippen molar-refractivity contribution in [3.63, 3.8) is 0 Å². The van der Waals surface area contributed by atoms with E-state index in [2.05, 4.69) is 31.7 Å². The van der Waals surface area contributed by atoms with Gasteiger partial charge in [-0.25, -0.2) is 9.78 Å². The van der Waals surface area contributed by atoms with Gasteiger partial charge in [0.1, 0.15) is 5.82 Å². The summed E-state index contributed by atoms with van der Waals surface area (Å²) in [6, 6.07) is 12.0. The zero-order chi connectivity index (χ0) is 37.3. The first-order chi connectivity index (χ1) is 25.4. The molecule has 3 aliphatic heterocycles. The first-order valence-electron chi connectivity index (χ1n) is 18.2. The van der Waals surface area contributed by atoms with Gasteiger partial charge in [-0.1, -0.05) is 29.8 Å². The van der Waals surface area contributed by atoms with E-state index in [1.54, 1.807) is 12.4 Å². The predicted octanol–water partition coefficient (Wildman–Crippen LogP) is 5.73. The van der Waals surface area contributed by atoms with Crippen LogP contribution in [0.3, 0.4) is 0 Å². The van der Waals surface area contributed by atoms with Gasteiger partial charge in [0.25, 0.3) is 0 Å². The molecule has 2 fully saturated rings. The molecule has 282 valence electrons. The van der Waals surface area contributed by atoms with E-state index in [0.717, 1.165) is 62.0 Å². The average molecular weight is 752 g/mol. The molecule has 2 aromatic heterocycles. The van der Waals surface area contributed by atoms with Gasteiger partial charge in [-0.05, 0) is 68.1 Å². The Morgan fingerprint density at radius 1 is 1.04 bits per heavy atom. The highest BCUT2D eigenvalue weighted by Crippen LogP contribution is 2.39. The van der Waals surface area contributed by atoms with Crippen molar-refractivity contribution in [1.29, 1.82) is 0 Å². The number of alkyl halides is 3. The van der Waals surface area contributed by atoms with Gasteiger partial charge in [0.2, 0.25) is 5.91 Å². The summed E-state index contributed by atoms with van der Waals surface area (Å²) in [5.41, 5.74) is 8.01. The first-order valence-corrected chi connectivity index (χ1v) is 18.6. The lowest BCUT2D eigenvalue weighted by molar-refractivity contribution is -0.137. The van der Waals surface area contributed by atoms with Crippen molar-refractivity contribution in [3.8, 4) is 0 Å². The number of imidazole rings is 1. The number of piperidine rings is 1. The Bertz CT molecular complexity index is 1950. The monoisotopic (exact) mass is 751 g/mol. The van der Waals surface area contributed by atoms with Gasteiger partial charge in [0.05, 0.1) is 33.5 Å². The molecule has 3 amide bonds. The van der Waals surface area contributed by atoms with Crippen molar-refractivity contribution in [2.24, 2.45) is 0 Å². The Hall–Kier alpha value is -4.40. The number of nitrogens with zero attached hydrogens (tertiary/aromatic N) is 7. The number of halogens is 4. The average Bonchev–Trinajstić information content (AvgIpc) is 3.42. The number of amides is 3. The number of anilines is 2. The number of carbonyl (C=O) groups is 2. The third-order valence-electron chi connectivity index (χ3n) is 11.0. The summed E-state index contributed by atoms with van der Waals surface area (Å²) in [6.07, 6.45) is 0.811. The van der Waals surface area contributed by atoms with E-state index in [1.807, 2.05) is 40.1 Å². The lowest BCUT2D eigenvalue weighted by Crippen LogP contribution is -2.50. The number of para-hydroxylation sites is 1. The second-order valence-electron chi connectivity index (χ2n) is 14.4. The fraction of sp³-hybridized carbons (Fsp3) is 0.474. The highest BCUT2D eigenvalue weighted by atomic mass is 35.5. The van der Waals surface area contributed by atoms with Gasteiger partial charge in [0.15, 0.2) is 0 Å². The third kappa shape index (κ3) is 8.24. The Morgan fingerprint density at radius 3 is 2.55 bits per heavy atom. The quantitative estimate of drug-likeness (QED) is 0.210. The number of urea groups is 1. The van der Waals surface area contributed by atoms with Crippen LogP contribution < -0.4 is 11.1 Å². The van der Waals surface area contributed by atoms with Gasteiger partial charge in [-0.3, -0.25) is 14.7 Å². The molecular weight excluding hydrogens is 707 g/mol. The standard InChI is InChI=1S/C38H45ClF3N9O2/c1-47-14-16-48(17-15-47)18-19-51-33-24-44-10-6-32(33)45-36(51)27(20-25-21-29(38(40,41)42)35(43)30(39)22-25)23-34(52)49-11-8-28(9-12-49)50-13-7-26-4-2-3-5-31(26)46-37(50)53/h2-6,10,21-22,24,27-28H,7-9,11-20,23,43H2,1H3,(H,46,53)/t27-/m0/s1. The molecule has 15 heteroatoms. The lowest BCUT2D eigenvalue weighted by Gasteiger charge is -2.38. The van der Waals surface area contributed by atoms with E-state index in [0.29, 0.717) is 55.9 Å². The van der Waals surface area contributed by atoms with E-state index < -0.39 is 23.3 Å². The fourth-order valence-corrected chi connectivity index (χ4v) is 8.16. The number of fused-ring (bicyclic) bond motifs is 2. The smallest absolute Gasteiger partial charge is 0.397 e. The first kappa shape index (κ1) is 36.9. The van der Waals surface area contributed by atoms with Crippen molar-refractivity contribution in [1.82, 2.24) is 34.1 Å². The summed E-state index contributed by atoms with van der Waals surface area (Å²) in [5, 5.41) is 2.86. The van der Waals surface area contributed by atoms with Crippen molar-refractivity contribution in [2.45, 2.75) is 56.8 Å². The number of nitrogens with one attached hydrogen (secondary N) is 1. The predicted molar refractivity (Wildman–Crippen MR) is 199 cm³/mol. The second-order valence-corrected chi connectivity index (χ2v) is 14.8. The fourth-order valence-electron chi connectivity index (χ4n) is 7.92. The molecule has 0 unspecified atom stereocenters. The number of pyridine rings is 1. The minimum Gasteiger partial charge on any atom is -0.397 e. The van der Waals surface area contributed by atoms with E-state index in [-0.39, 0.29) is 35.8 Å². The van der Waals surface area contributed by atoms with Crippen LogP contribution in [0, 0.1) is 0 Å². The Labute approximate surface area is 311 Å². The molecule has 0 spiro atoms. The van der Waals surface area contributed by atoms with E-state index in [1.165, 1.54) is 6.07 Å². The van der Waals surface area contributed by atoms with E-state index in [4.69, 9.17) is 22.3 Å². The van der Waals surface area contributed by atoms with Crippen molar-refractivity contribution < 1.29 is 22.8 Å². The SMILES string of the molecule is CN1CCN(CCn2c([C@H](CC(=O)N3CCC(N4CCc5ccccc5NC4=O)CC3)Cc3cc(Cl)c(N)c(C(F)(F)F)c3)nc3ccncc32)CC1. The van der Waals surface area contributed by atoms with Crippen molar-refractivity contribution in [3.05, 3.63) is 82.4 Å². The molecule has 53 heavy (non-hydrogen) atoms. The molecule has 2 saturated heterocycles. The summed E-state index contributed by atoms with van der Waals surface area (Å²) in [4.78, 5) is 45.1. The topological polar surface area (TPSA) is 116 Å². The van der Waals surface area contributed by atoms with Crippen LogP contribution in [-0.2, 0) is 30.4 Å². The minimum atomic E-state index is -4.70. The minimum absolute atomic E-state index is 0.0202. The Balaban J connectivity index is 1.13. The number of likely N-dealkylation sites (tertiary alicyclic amines) is 1. The summed E-state index contributed by atoms with van der Waals surface area (Å²) in [6.45, 7) is 6.60. The summed E-state index contributed by atoms with van der Waals surface area (Å²) in [7, 11) is 2.10. The lowest BCUT2D eigenvalue weighted by atomic mass is 9.92. The number of rotatable bonds is 9. The van der Waals surface area contributed by atoms with Gasteiger partial charge in [-0.15, -0.1) is 0 Å². The molecule has 4 aromatic rings. The number of piperazine rings is 1. The number of nitrogen functional groups attached to an aromatic ring is 1. The van der Waals surface area contributed by atoms with Gasteiger partial charge in [-0.2, -0.15) is 13.2 Å². The number of nitrogens with two attached hydrogens (primary N) is 1. The third-order valence-corrected chi connectivity index (χ3v) is 11.3. The molecule has 0 radical (unpaired) electrons. The zero-order valence-corrected chi connectivity index (χ0v) is 30.5. The number of hydrogen-bond donors (Lipinski definition) is 2. The highest BCUT2D eigenvalue weighted by Gasteiger charge is 2.36. The van der Waals surface area contributed by atoms with Crippen LogP contribution in [0.25, 0.3) is 11.0 Å². The maximum Gasteiger partial charge on any atom is 0.418 e. The van der Waals surface area contributed by atoms with Crippen LogP contribution in [0.4, 0.5) is 29.3 Å². The molecule has 0 saturated carbocycles. The van der Waals surface area contributed by atoms with Crippen LogP contribution in [0.5, 0.6) is 0 Å².